The monoisotopic (exact) mass is 1000 g/mol. The second-order valence-corrected chi connectivity index (χ2v) is 21.5. The molecule has 10 nitrogen and oxygen atoms in total. The molecule has 4 unspecified atom stereocenters. The van der Waals surface area contributed by atoms with Crippen LogP contribution in [0.4, 0.5) is 0 Å². The van der Waals surface area contributed by atoms with Gasteiger partial charge in [0.25, 0.3) is 0 Å². The van der Waals surface area contributed by atoms with Gasteiger partial charge in [0.1, 0.15) is 13.2 Å². The predicted molar refractivity (Wildman–Crippen MR) is 290 cm³/mol. The lowest BCUT2D eigenvalue weighted by molar-refractivity contribution is -0.167. The fourth-order valence-corrected chi connectivity index (χ4v) is 10.4. The highest BCUT2D eigenvalue weighted by molar-refractivity contribution is 5.81. The highest BCUT2D eigenvalue weighted by atomic mass is 16.6. The number of esters is 3. The maximum absolute atomic E-state index is 13.1. The number of carboxylic acid groups (broad SMARTS) is 2. The minimum Gasteiger partial charge on any atom is -0.481 e. The van der Waals surface area contributed by atoms with Crippen LogP contribution in [0.15, 0.2) is 12.2 Å². The van der Waals surface area contributed by atoms with Crippen molar-refractivity contribution in [3.05, 3.63) is 12.2 Å². The average Bonchev–Trinajstić information content (AvgIpc) is 3.35. The summed E-state index contributed by atoms with van der Waals surface area (Å²) in [6.07, 6.45) is 50.5. The lowest BCUT2D eigenvalue weighted by atomic mass is 9.67. The van der Waals surface area contributed by atoms with Crippen LogP contribution in [0, 0.1) is 23.7 Å². The maximum Gasteiger partial charge on any atom is 0.307 e. The molecule has 0 aromatic heterocycles. The molecule has 0 saturated heterocycles. The molecular weight excluding hydrogens is 893 g/mol. The van der Waals surface area contributed by atoms with Crippen molar-refractivity contribution < 1.29 is 48.4 Å². The zero-order valence-corrected chi connectivity index (χ0v) is 46.2. The Balaban J connectivity index is 2.51. The molecule has 0 aromatic carbocycles. The molecule has 0 fully saturated rings. The van der Waals surface area contributed by atoms with E-state index in [-0.39, 0.29) is 43.4 Å². The molecule has 414 valence electrons. The molecule has 4 atom stereocenters. The molecule has 0 amide bonds. The summed E-state index contributed by atoms with van der Waals surface area (Å²) in [7, 11) is 0. The number of unbranched alkanes of at least 4 members (excludes halogenated alkanes) is 35. The second kappa shape index (κ2) is 48.1. The normalized spacial score (nSPS) is 16.6. The number of ether oxygens (including phenoxy) is 3. The first-order valence-corrected chi connectivity index (χ1v) is 30.3. The number of hydrogen-bond donors (Lipinski definition) is 2. The summed E-state index contributed by atoms with van der Waals surface area (Å²) in [4.78, 5) is 63.4. The molecule has 1 aliphatic rings. The molecule has 0 radical (unpaired) electrons. The Bertz CT molecular complexity index is 1280. The fourth-order valence-electron chi connectivity index (χ4n) is 10.4. The van der Waals surface area contributed by atoms with Crippen LogP contribution in [0.5, 0.6) is 0 Å². The van der Waals surface area contributed by atoms with Gasteiger partial charge in [0.2, 0.25) is 0 Å². The van der Waals surface area contributed by atoms with E-state index in [1.165, 1.54) is 167 Å². The number of aliphatic carboxylic acids is 2. The van der Waals surface area contributed by atoms with E-state index in [0.717, 1.165) is 64.2 Å². The summed E-state index contributed by atoms with van der Waals surface area (Å²) in [6, 6.07) is 0. The van der Waals surface area contributed by atoms with E-state index in [9.17, 15) is 34.2 Å². The largest absolute Gasteiger partial charge is 0.481 e. The van der Waals surface area contributed by atoms with Crippen molar-refractivity contribution in [3.63, 3.8) is 0 Å². The first-order chi connectivity index (χ1) is 34.6. The van der Waals surface area contributed by atoms with Crippen molar-refractivity contribution in [1.29, 1.82) is 0 Å². The number of carbonyl (C=O) groups excluding carboxylic acids is 3. The van der Waals surface area contributed by atoms with Gasteiger partial charge in [-0.3, -0.25) is 24.0 Å². The number of rotatable bonds is 52. The van der Waals surface area contributed by atoms with E-state index < -0.39 is 35.8 Å². The summed E-state index contributed by atoms with van der Waals surface area (Å²) in [5.74, 6) is -5.92. The minimum atomic E-state index is -1.07. The highest BCUT2D eigenvalue weighted by Gasteiger charge is 2.44. The molecule has 0 aromatic rings. The molecule has 0 aliphatic heterocycles. The standard InChI is InChI=1S/C61H110O10/c1-4-7-10-13-16-18-20-22-24-26-28-30-32-35-40-45-55(62)69-50-54(51-70-56(63)46-41-36-33-31-29-27-25-23-21-19-17-14-11-8-5-2)71-57(64)47-42-37-39-44-53-49-48-52(43-38-34-15-12-9-6-3)58(60(65)66)59(53)61(67)68/h48-49,52-54,58-59H,4-47,50-51H2,1-3H3,(H,65,66)(H,67,68). The van der Waals surface area contributed by atoms with Crippen molar-refractivity contribution in [2.24, 2.45) is 23.7 Å². The van der Waals surface area contributed by atoms with Crippen LogP contribution >= 0.6 is 0 Å². The van der Waals surface area contributed by atoms with Crippen LogP contribution in [0.2, 0.25) is 0 Å². The third kappa shape index (κ3) is 38.4. The molecule has 10 heteroatoms. The Hall–Kier alpha value is -2.91. The van der Waals surface area contributed by atoms with E-state index in [4.69, 9.17) is 14.2 Å². The van der Waals surface area contributed by atoms with Gasteiger partial charge < -0.3 is 24.4 Å². The number of allylic oxidation sites excluding steroid dienone is 2. The summed E-state index contributed by atoms with van der Waals surface area (Å²) in [5, 5.41) is 20.3. The molecule has 0 heterocycles. The highest BCUT2D eigenvalue weighted by Crippen LogP contribution is 2.40. The van der Waals surface area contributed by atoms with Crippen LogP contribution in [-0.2, 0) is 38.2 Å². The van der Waals surface area contributed by atoms with Gasteiger partial charge in [-0.05, 0) is 43.9 Å². The van der Waals surface area contributed by atoms with Crippen molar-refractivity contribution >= 4 is 29.8 Å². The summed E-state index contributed by atoms with van der Waals surface area (Å²) >= 11 is 0. The maximum atomic E-state index is 13.1. The van der Waals surface area contributed by atoms with Gasteiger partial charge in [-0.15, -0.1) is 0 Å². The summed E-state index contributed by atoms with van der Waals surface area (Å²) in [5.41, 5.74) is 0. The lowest BCUT2D eigenvalue weighted by Crippen LogP contribution is -2.41. The predicted octanol–water partition coefficient (Wildman–Crippen LogP) is 17.4. The Morgan fingerprint density at radius 2 is 0.592 bits per heavy atom. The van der Waals surface area contributed by atoms with Gasteiger partial charge in [-0.25, -0.2) is 0 Å². The molecule has 0 spiro atoms. The number of hydrogen-bond acceptors (Lipinski definition) is 8. The molecule has 1 aliphatic carbocycles. The SMILES string of the molecule is CCCCCCCCCCCCCCCCCC(=O)OCC(COC(=O)CCCCCCCCCCCCCCCCC)OC(=O)CCCCCC1C=CC(CCCCCCCC)C(C(=O)O)C1C(=O)O. The minimum absolute atomic E-state index is 0.109. The first-order valence-electron chi connectivity index (χ1n) is 30.3. The molecular formula is C61H110O10. The topological polar surface area (TPSA) is 154 Å². The van der Waals surface area contributed by atoms with Crippen molar-refractivity contribution in [2.45, 2.75) is 309 Å². The second-order valence-electron chi connectivity index (χ2n) is 21.5. The van der Waals surface area contributed by atoms with Crippen LogP contribution in [0.1, 0.15) is 303 Å². The number of carbonyl (C=O) groups is 5. The number of carboxylic acids is 2. The summed E-state index contributed by atoms with van der Waals surface area (Å²) < 4.78 is 16.8. The van der Waals surface area contributed by atoms with Crippen LogP contribution < -0.4 is 0 Å². The first kappa shape index (κ1) is 66.1. The molecule has 0 saturated carbocycles. The molecule has 0 bridgehead atoms. The quantitative estimate of drug-likeness (QED) is 0.0260. The zero-order chi connectivity index (χ0) is 51.8. The Morgan fingerprint density at radius 3 is 0.873 bits per heavy atom. The van der Waals surface area contributed by atoms with E-state index in [0.29, 0.717) is 44.9 Å². The van der Waals surface area contributed by atoms with E-state index in [1.807, 2.05) is 12.2 Å². The van der Waals surface area contributed by atoms with Crippen LogP contribution in [-0.4, -0.2) is 59.4 Å². The summed E-state index contributed by atoms with van der Waals surface area (Å²) in [6.45, 7) is 6.34. The van der Waals surface area contributed by atoms with Gasteiger partial charge >= 0.3 is 29.8 Å². The molecule has 2 N–H and O–H groups in total. The van der Waals surface area contributed by atoms with Gasteiger partial charge in [0.05, 0.1) is 11.8 Å². The van der Waals surface area contributed by atoms with Crippen LogP contribution in [0.25, 0.3) is 0 Å². The van der Waals surface area contributed by atoms with Crippen molar-refractivity contribution in [2.75, 3.05) is 13.2 Å². The van der Waals surface area contributed by atoms with Crippen LogP contribution in [0.3, 0.4) is 0 Å². The molecule has 71 heavy (non-hydrogen) atoms. The van der Waals surface area contributed by atoms with Crippen molar-refractivity contribution in [3.8, 4) is 0 Å². The Kier molecular flexibility index (Phi) is 44.7. The van der Waals surface area contributed by atoms with E-state index in [2.05, 4.69) is 20.8 Å². The Morgan fingerprint density at radius 1 is 0.352 bits per heavy atom. The van der Waals surface area contributed by atoms with Gasteiger partial charge in [0, 0.05) is 19.3 Å². The Labute approximate surface area is 435 Å². The third-order valence-electron chi connectivity index (χ3n) is 14.9. The van der Waals surface area contributed by atoms with E-state index in [1.54, 1.807) is 0 Å². The van der Waals surface area contributed by atoms with E-state index >= 15 is 0 Å². The van der Waals surface area contributed by atoms with Crippen molar-refractivity contribution in [1.82, 2.24) is 0 Å². The smallest absolute Gasteiger partial charge is 0.307 e. The molecule has 1 rings (SSSR count). The van der Waals surface area contributed by atoms with Gasteiger partial charge in [-0.1, -0.05) is 264 Å². The van der Waals surface area contributed by atoms with Gasteiger partial charge in [-0.2, -0.15) is 0 Å². The lowest BCUT2D eigenvalue weighted by Gasteiger charge is -2.35. The zero-order valence-electron chi connectivity index (χ0n) is 46.2. The third-order valence-corrected chi connectivity index (χ3v) is 14.9. The van der Waals surface area contributed by atoms with Gasteiger partial charge in [0.15, 0.2) is 6.10 Å². The average molecular weight is 1000 g/mol. The fraction of sp³-hybridized carbons (Fsp3) is 0.885.